The molecule has 2 aromatic rings. The van der Waals surface area contributed by atoms with Crippen LogP contribution in [0.3, 0.4) is 0 Å². The molecule has 2 rings (SSSR count). The molecule has 0 N–H and O–H groups in total. The molecule has 0 aliphatic carbocycles. The molecule has 0 radical (unpaired) electrons. The third-order valence-electron chi connectivity index (χ3n) is 4.38. The maximum absolute atomic E-state index is 6.16. The Morgan fingerprint density at radius 1 is 1.12 bits per heavy atom. The molecule has 0 fully saturated rings. The van der Waals surface area contributed by atoms with Crippen LogP contribution < -0.4 is 9.47 Å². The zero-order valence-corrected chi connectivity index (χ0v) is 15.8. The van der Waals surface area contributed by atoms with Crippen LogP contribution in [-0.2, 0) is 13.5 Å². The number of ether oxygens (including phenoxy) is 2. The van der Waals surface area contributed by atoms with Crippen molar-refractivity contribution in [2.24, 2.45) is 7.05 Å². The first kappa shape index (κ1) is 18.7. The summed E-state index contributed by atoms with van der Waals surface area (Å²) in [5, 5.41) is 5.06. The van der Waals surface area contributed by atoms with Gasteiger partial charge in [0.25, 0.3) is 0 Å². The molecule has 0 spiro atoms. The highest BCUT2D eigenvalue weighted by molar-refractivity contribution is 6.32. The van der Waals surface area contributed by atoms with Crippen LogP contribution in [0.2, 0.25) is 5.02 Å². The zero-order chi connectivity index (χ0) is 17.5. The van der Waals surface area contributed by atoms with E-state index < -0.39 is 0 Å². The largest absolute Gasteiger partial charge is 0.497 e. The van der Waals surface area contributed by atoms with Crippen LogP contribution in [0, 0.1) is 13.8 Å². The van der Waals surface area contributed by atoms with Crippen LogP contribution >= 0.6 is 11.6 Å². The smallest absolute Gasteiger partial charge is 0.138 e. The number of rotatable bonds is 9. The van der Waals surface area contributed by atoms with Crippen LogP contribution in [0.25, 0.3) is 0 Å². The van der Waals surface area contributed by atoms with Crippen LogP contribution in [0.4, 0.5) is 0 Å². The molecular weight excluding hydrogens is 324 g/mol. The highest BCUT2D eigenvalue weighted by Crippen LogP contribution is 2.28. The lowest BCUT2D eigenvalue weighted by Crippen LogP contribution is -1.98. The topological polar surface area (TPSA) is 36.3 Å². The van der Waals surface area contributed by atoms with E-state index in [9.17, 15) is 0 Å². The standard InChI is InChI=1S/C19H27ClN2O2/c1-14-17(15(2)22(3)21-14)9-7-5-6-8-12-24-19-11-10-16(23-4)13-18(19)20/h10-11,13H,5-9,12H2,1-4H3. The highest BCUT2D eigenvalue weighted by Gasteiger charge is 2.08. The Morgan fingerprint density at radius 2 is 1.88 bits per heavy atom. The van der Waals surface area contributed by atoms with Gasteiger partial charge in [-0.3, -0.25) is 4.68 Å². The molecule has 0 unspecified atom stereocenters. The van der Waals surface area contributed by atoms with Crippen molar-refractivity contribution in [2.45, 2.75) is 46.0 Å². The average Bonchev–Trinajstić information content (AvgIpc) is 2.80. The van der Waals surface area contributed by atoms with E-state index in [1.54, 1.807) is 13.2 Å². The van der Waals surface area contributed by atoms with Crippen LogP contribution in [0.15, 0.2) is 18.2 Å². The number of unbranched alkanes of at least 4 members (excludes halogenated alkanes) is 3. The Labute approximate surface area is 149 Å². The van der Waals surface area contributed by atoms with E-state index in [0.29, 0.717) is 11.6 Å². The summed E-state index contributed by atoms with van der Waals surface area (Å²) < 4.78 is 12.8. The number of halogens is 1. The van der Waals surface area contributed by atoms with Gasteiger partial charge < -0.3 is 9.47 Å². The molecule has 0 aliphatic rings. The second-order valence-corrected chi connectivity index (χ2v) is 6.49. The Hall–Kier alpha value is -1.68. The van der Waals surface area contributed by atoms with Gasteiger partial charge in [-0.25, -0.2) is 0 Å². The summed E-state index contributed by atoms with van der Waals surface area (Å²) in [4.78, 5) is 0. The molecule has 1 aromatic carbocycles. The molecule has 1 heterocycles. The van der Waals surface area contributed by atoms with Gasteiger partial charge in [-0.05, 0) is 50.8 Å². The molecule has 0 saturated carbocycles. The average molecular weight is 351 g/mol. The van der Waals surface area contributed by atoms with Crippen molar-refractivity contribution in [3.05, 3.63) is 40.2 Å². The van der Waals surface area contributed by atoms with Crippen LogP contribution in [0.5, 0.6) is 11.5 Å². The predicted molar refractivity (Wildman–Crippen MR) is 98.4 cm³/mol. The Balaban J connectivity index is 1.63. The summed E-state index contributed by atoms with van der Waals surface area (Å²) in [5.41, 5.74) is 3.84. The maximum Gasteiger partial charge on any atom is 0.138 e. The molecule has 0 bridgehead atoms. The van der Waals surface area contributed by atoms with Crippen molar-refractivity contribution in [3.63, 3.8) is 0 Å². The fourth-order valence-electron chi connectivity index (χ4n) is 2.84. The van der Waals surface area contributed by atoms with Crippen LogP contribution in [0.1, 0.15) is 42.6 Å². The van der Waals surface area contributed by atoms with E-state index in [0.717, 1.165) is 36.5 Å². The highest BCUT2D eigenvalue weighted by atomic mass is 35.5. The molecule has 132 valence electrons. The van der Waals surface area contributed by atoms with Gasteiger partial charge in [-0.2, -0.15) is 5.10 Å². The third-order valence-corrected chi connectivity index (χ3v) is 4.67. The third kappa shape index (κ3) is 4.91. The summed E-state index contributed by atoms with van der Waals surface area (Å²) in [5.74, 6) is 1.47. The second-order valence-electron chi connectivity index (χ2n) is 6.08. The minimum Gasteiger partial charge on any atom is -0.497 e. The molecule has 0 atom stereocenters. The first-order valence-corrected chi connectivity index (χ1v) is 8.86. The van der Waals surface area contributed by atoms with Gasteiger partial charge in [-0.1, -0.05) is 24.4 Å². The lowest BCUT2D eigenvalue weighted by molar-refractivity contribution is 0.304. The summed E-state index contributed by atoms with van der Waals surface area (Å²) in [7, 11) is 3.63. The number of aromatic nitrogens is 2. The summed E-state index contributed by atoms with van der Waals surface area (Å²) >= 11 is 6.16. The summed E-state index contributed by atoms with van der Waals surface area (Å²) in [6.45, 7) is 4.92. The number of methoxy groups -OCH3 is 1. The van der Waals surface area contributed by atoms with E-state index in [4.69, 9.17) is 21.1 Å². The van der Waals surface area contributed by atoms with E-state index >= 15 is 0 Å². The first-order chi connectivity index (χ1) is 11.5. The molecule has 24 heavy (non-hydrogen) atoms. The van der Waals surface area contributed by atoms with E-state index in [-0.39, 0.29) is 0 Å². The molecule has 0 amide bonds. The second kappa shape index (κ2) is 8.97. The van der Waals surface area contributed by atoms with Gasteiger partial charge in [0.15, 0.2) is 0 Å². The number of hydrogen-bond acceptors (Lipinski definition) is 3. The van der Waals surface area contributed by atoms with Gasteiger partial charge in [0.2, 0.25) is 0 Å². The number of nitrogens with zero attached hydrogens (tertiary/aromatic N) is 2. The number of hydrogen-bond donors (Lipinski definition) is 0. The lowest BCUT2D eigenvalue weighted by atomic mass is 10.0. The Bertz CT molecular complexity index is 668. The van der Waals surface area contributed by atoms with Gasteiger partial charge in [-0.15, -0.1) is 0 Å². The van der Waals surface area contributed by atoms with E-state index in [1.165, 1.54) is 24.1 Å². The summed E-state index contributed by atoms with van der Waals surface area (Å²) in [6.07, 6.45) is 5.69. The van der Waals surface area contributed by atoms with E-state index in [2.05, 4.69) is 18.9 Å². The predicted octanol–water partition coefficient (Wildman–Crippen LogP) is 4.88. The fourth-order valence-corrected chi connectivity index (χ4v) is 3.07. The lowest BCUT2D eigenvalue weighted by Gasteiger charge is -2.09. The molecule has 5 heteroatoms. The van der Waals surface area contributed by atoms with Crippen molar-refractivity contribution in [1.29, 1.82) is 0 Å². The Kier molecular flexibility index (Phi) is 6.98. The van der Waals surface area contributed by atoms with Gasteiger partial charge in [0.1, 0.15) is 11.5 Å². The van der Waals surface area contributed by atoms with Crippen molar-refractivity contribution < 1.29 is 9.47 Å². The van der Waals surface area contributed by atoms with Crippen molar-refractivity contribution in [1.82, 2.24) is 9.78 Å². The van der Waals surface area contributed by atoms with Crippen molar-refractivity contribution in [3.8, 4) is 11.5 Å². The fraction of sp³-hybridized carbons (Fsp3) is 0.526. The van der Waals surface area contributed by atoms with Gasteiger partial charge in [0.05, 0.1) is 24.4 Å². The van der Waals surface area contributed by atoms with Crippen molar-refractivity contribution >= 4 is 11.6 Å². The minimum absolute atomic E-state index is 0.594. The summed E-state index contributed by atoms with van der Waals surface area (Å²) in [6, 6.07) is 5.49. The molecular formula is C19H27ClN2O2. The van der Waals surface area contributed by atoms with E-state index in [1.807, 2.05) is 23.9 Å². The Morgan fingerprint density at radius 3 is 2.50 bits per heavy atom. The molecule has 0 saturated heterocycles. The van der Waals surface area contributed by atoms with Crippen molar-refractivity contribution in [2.75, 3.05) is 13.7 Å². The number of benzene rings is 1. The van der Waals surface area contributed by atoms with Crippen LogP contribution in [-0.4, -0.2) is 23.5 Å². The molecule has 4 nitrogen and oxygen atoms in total. The van der Waals surface area contributed by atoms with Gasteiger partial charge >= 0.3 is 0 Å². The SMILES string of the molecule is COc1ccc(OCCCCCCc2c(C)nn(C)c2C)c(Cl)c1. The minimum atomic E-state index is 0.594. The number of aryl methyl sites for hydroxylation is 2. The zero-order valence-electron chi connectivity index (χ0n) is 15.1. The first-order valence-electron chi connectivity index (χ1n) is 8.48. The maximum atomic E-state index is 6.16. The normalized spacial score (nSPS) is 10.9. The quantitative estimate of drug-likeness (QED) is 0.605. The molecule has 0 aliphatic heterocycles. The monoisotopic (exact) mass is 350 g/mol. The van der Waals surface area contributed by atoms with Gasteiger partial charge in [0, 0.05) is 18.8 Å². The molecule has 1 aromatic heterocycles.